The molecular formula is C22H20ClF3N6O. The molecule has 5 rings (SSSR count). The molecular weight excluding hydrogens is 457 g/mol. The van der Waals surface area contributed by atoms with E-state index in [0.717, 1.165) is 5.39 Å². The molecule has 2 N–H and O–H groups in total. The number of nitrogens with zero attached hydrogens (tertiary/aromatic N) is 5. The molecule has 0 amide bonds. The topological polar surface area (TPSA) is 81.6 Å². The number of pyridine rings is 2. The predicted octanol–water partition coefficient (Wildman–Crippen LogP) is 4.24. The third-order valence-electron chi connectivity index (χ3n) is 5.89. The predicted molar refractivity (Wildman–Crippen MR) is 118 cm³/mol. The lowest BCUT2D eigenvalue weighted by Crippen LogP contribution is -2.38. The zero-order chi connectivity index (χ0) is 23.3. The fraction of sp³-hybridized carbons (Fsp3) is 0.318. The van der Waals surface area contributed by atoms with Gasteiger partial charge in [-0.3, -0.25) is 9.30 Å². The Morgan fingerprint density at radius 3 is 2.64 bits per heavy atom. The molecule has 4 aromatic rings. The van der Waals surface area contributed by atoms with Gasteiger partial charge in [0.15, 0.2) is 11.5 Å². The summed E-state index contributed by atoms with van der Waals surface area (Å²) in [5.41, 5.74) is 7.30. The Morgan fingerprint density at radius 1 is 1.15 bits per heavy atom. The Bertz CT molecular complexity index is 1340. The Hall–Kier alpha value is -2.95. The Balaban J connectivity index is 1.62. The highest BCUT2D eigenvalue weighted by Gasteiger charge is 2.46. The van der Waals surface area contributed by atoms with Crippen LogP contribution in [-0.4, -0.2) is 56.9 Å². The number of fused-ring (bicyclic) bond motifs is 2. The number of nitrogens with two attached hydrogens (primary N) is 1. The summed E-state index contributed by atoms with van der Waals surface area (Å²) in [5, 5.41) is 9.42. The molecule has 33 heavy (non-hydrogen) atoms. The zero-order valence-electron chi connectivity index (χ0n) is 17.6. The minimum Gasteiger partial charge on any atom is -0.495 e. The molecule has 2 atom stereocenters. The van der Waals surface area contributed by atoms with Gasteiger partial charge in [-0.05, 0) is 36.2 Å². The van der Waals surface area contributed by atoms with Crippen LogP contribution in [0.2, 0.25) is 5.02 Å². The maximum atomic E-state index is 14.1. The number of likely N-dealkylation sites (tertiary alicyclic amines) is 1. The lowest BCUT2D eigenvalue weighted by Gasteiger charge is -2.30. The van der Waals surface area contributed by atoms with Crippen LogP contribution in [0.1, 0.15) is 18.0 Å². The first-order chi connectivity index (χ1) is 15.8. The van der Waals surface area contributed by atoms with Crippen molar-refractivity contribution in [3.05, 3.63) is 53.2 Å². The summed E-state index contributed by atoms with van der Waals surface area (Å²) in [6.07, 6.45) is -2.51. The Morgan fingerprint density at radius 2 is 1.94 bits per heavy atom. The van der Waals surface area contributed by atoms with Crippen LogP contribution in [-0.2, 0) is 0 Å². The summed E-state index contributed by atoms with van der Waals surface area (Å²) >= 11 is 6.42. The second-order valence-corrected chi connectivity index (χ2v) is 8.43. The summed E-state index contributed by atoms with van der Waals surface area (Å²) in [4.78, 5) is 5.97. The largest absolute Gasteiger partial charge is 0.495 e. The molecule has 4 heterocycles. The van der Waals surface area contributed by atoms with Crippen LogP contribution in [0.4, 0.5) is 13.2 Å². The molecule has 3 aromatic heterocycles. The van der Waals surface area contributed by atoms with Crippen molar-refractivity contribution in [1.82, 2.24) is 24.5 Å². The number of benzene rings is 1. The van der Waals surface area contributed by atoms with E-state index in [1.54, 1.807) is 12.1 Å². The van der Waals surface area contributed by atoms with E-state index >= 15 is 0 Å². The van der Waals surface area contributed by atoms with Crippen molar-refractivity contribution in [2.75, 3.05) is 20.2 Å². The van der Waals surface area contributed by atoms with Crippen molar-refractivity contribution in [3.63, 3.8) is 0 Å². The molecule has 7 nitrogen and oxygen atoms in total. The second-order valence-electron chi connectivity index (χ2n) is 8.05. The van der Waals surface area contributed by atoms with Gasteiger partial charge >= 0.3 is 6.18 Å². The number of hydrogen-bond acceptors (Lipinski definition) is 6. The molecule has 1 aliphatic rings. The third-order valence-corrected chi connectivity index (χ3v) is 6.25. The lowest BCUT2D eigenvalue weighted by molar-refractivity contribution is -0.183. The van der Waals surface area contributed by atoms with Crippen LogP contribution in [0, 0.1) is 0 Å². The van der Waals surface area contributed by atoms with Gasteiger partial charge in [0.1, 0.15) is 22.5 Å². The number of methoxy groups -OCH3 is 1. The molecule has 1 saturated heterocycles. The van der Waals surface area contributed by atoms with Crippen molar-refractivity contribution in [2.45, 2.75) is 24.7 Å². The Labute approximate surface area is 191 Å². The van der Waals surface area contributed by atoms with Crippen molar-refractivity contribution < 1.29 is 17.9 Å². The number of halogens is 4. The second kappa shape index (κ2) is 8.12. The number of hydrogen-bond donors (Lipinski definition) is 1. The molecule has 1 aliphatic heterocycles. The average molecular weight is 477 g/mol. The average Bonchev–Trinajstić information content (AvgIpc) is 3.39. The molecule has 172 valence electrons. The fourth-order valence-electron chi connectivity index (χ4n) is 4.32. The van der Waals surface area contributed by atoms with Crippen LogP contribution in [0.25, 0.3) is 28.1 Å². The van der Waals surface area contributed by atoms with E-state index in [1.165, 1.54) is 34.7 Å². The first-order valence-corrected chi connectivity index (χ1v) is 10.7. The number of alkyl halides is 3. The van der Waals surface area contributed by atoms with E-state index in [-0.39, 0.29) is 24.7 Å². The van der Waals surface area contributed by atoms with Gasteiger partial charge in [-0.2, -0.15) is 13.2 Å². The van der Waals surface area contributed by atoms with Gasteiger partial charge in [0, 0.05) is 30.7 Å². The van der Waals surface area contributed by atoms with Crippen LogP contribution in [0.15, 0.2) is 42.6 Å². The standard InChI is InChI=1S/C22H20ClF3N6O/c1-33-16-6-3-12-2-5-15(28-19(12)18(16)23)21-30-29-17-7-4-13(10-32(17)21)20(22(24,25)26)31-9-8-14(27)11-31/h2-7,10,14,20H,8-9,11,27H2,1H3/t14?,20-/m1/s1. The number of aromatic nitrogens is 4. The van der Waals surface area contributed by atoms with Gasteiger partial charge in [0.25, 0.3) is 0 Å². The normalized spacial score (nSPS) is 18.3. The molecule has 1 aromatic carbocycles. The van der Waals surface area contributed by atoms with Crippen molar-refractivity contribution >= 4 is 28.2 Å². The summed E-state index contributed by atoms with van der Waals surface area (Å²) in [6.45, 7) is 0.467. The Kier molecular flexibility index (Phi) is 5.38. The fourth-order valence-corrected chi connectivity index (χ4v) is 4.61. The highest BCUT2D eigenvalue weighted by Crippen LogP contribution is 2.39. The molecule has 1 unspecified atom stereocenters. The van der Waals surface area contributed by atoms with Gasteiger partial charge in [-0.25, -0.2) is 4.98 Å². The smallest absolute Gasteiger partial charge is 0.408 e. The van der Waals surface area contributed by atoms with Gasteiger partial charge in [0.2, 0.25) is 0 Å². The van der Waals surface area contributed by atoms with Crippen LogP contribution in [0.3, 0.4) is 0 Å². The van der Waals surface area contributed by atoms with Crippen LogP contribution >= 0.6 is 11.6 Å². The van der Waals surface area contributed by atoms with Crippen LogP contribution in [0.5, 0.6) is 5.75 Å². The van der Waals surface area contributed by atoms with E-state index in [9.17, 15) is 13.2 Å². The maximum absolute atomic E-state index is 14.1. The van der Waals surface area contributed by atoms with Crippen molar-refractivity contribution in [2.24, 2.45) is 5.73 Å². The van der Waals surface area contributed by atoms with E-state index in [1.807, 2.05) is 12.1 Å². The summed E-state index contributed by atoms with van der Waals surface area (Å²) < 4.78 is 49.0. The minimum absolute atomic E-state index is 0.0886. The molecule has 1 fully saturated rings. The molecule has 0 spiro atoms. The van der Waals surface area contributed by atoms with E-state index in [0.29, 0.717) is 39.9 Å². The molecule has 0 radical (unpaired) electrons. The highest BCUT2D eigenvalue weighted by atomic mass is 35.5. The first-order valence-electron chi connectivity index (χ1n) is 10.3. The van der Waals surface area contributed by atoms with E-state index in [2.05, 4.69) is 15.2 Å². The zero-order valence-corrected chi connectivity index (χ0v) is 18.3. The van der Waals surface area contributed by atoms with Gasteiger partial charge < -0.3 is 10.5 Å². The minimum atomic E-state index is -4.46. The first kappa shape index (κ1) is 21.9. The molecule has 0 aliphatic carbocycles. The SMILES string of the molecule is COc1ccc2ccc(-c3nnc4ccc([C@@H](N5CCC(N)C5)C(F)(F)F)cn34)nc2c1Cl. The quantitative estimate of drug-likeness (QED) is 0.474. The van der Waals surface area contributed by atoms with E-state index < -0.39 is 12.2 Å². The third kappa shape index (κ3) is 3.88. The van der Waals surface area contributed by atoms with Crippen LogP contribution < -0.4 is 10.5 Å². The molecule has 11 heteroatoms. The van der Waals surface area contributed by atoms with Gasteiger partial charge in [0.05, 0.1) is 12.6 Å². The summed E-state index contributed by atoms with van der Waals surface area (Å²) in [6, 6.07) is 8.04. The number of ether oxygens (including phenoxy) is 1. The molecule has 0 bridgehead atoms. The lowest BCUT2D eigenvalue weighted by atomic mass is 10.1. The van der Waals surface area contributed by atoms with Crippen molar-refractivity contribution in [1.29, 1.82) is 0 Å². The highest BCUT2D eigenvalue weighted by molar-refractivity contribution is 6.36. The monoisotopic (exact) mass is 476 g/mol. The van der Waals surface area contributed by atoms with Gasteiger partial charge in [-0.1, -0.05) is 23.7 Å². The maximum Gasteiger partial charge on any atom is 0.408 e. The summed E-state index contributed by atoms with van der Waals surface area (Å²) in [7, 11) is 1.51. The van der Waals surface area contributed by atoms with Gasteiger partial charge in [-0.15, -0.1) is 10.2 Å². The van der Waals surface area contributed by atoms with E-state index in [4.69, 9.17) is 22.1 Å². The van der Waals surface area contributed by atoms with Crippen molar-refractivity contribution in [3.8, 4) is 17.3 Å². The number of rotatable bonds is 4. The molecule has 0 saturated carbocycles. The summed E-state index contributed by atoms with van der Waals surface area (Å²) in [5.74, 6) is 0.783.